The molecular weight excluding hydrogens is 454 g/mol. The van der Waals surface area contributed by atoms with E-state index in [0.717, 1.165) is 4.36 Å². The minimum absolute atomic E-state index is 0. The number of thioether (sulfide) groups is 1. The van der Waals surface area contributed by atoms with Crippen LogP contribution in [0.3, 0.4) is 0 Å². The van der Waals surface area contributed by atoms with E-state index in [0.29, 0.717) is 6.58 Å². The summed E-state index contributed by atoms with van der Waals surface area (Å²) in [5, 5.41) is 0. The summed E-state index contributed by atoms with van der Waals surface area (Å²) in [5.74, 6) is 0. The van der Waals surface area contributed by atoms with Crippen LogP contribution in [0.1, 0.15) is 14.8 Å². The molecule has 0 N–H and O–H groups in total. The van der Waals surface area contributed by atoms with Crippen molar-refractivity contribution in [3.05, 3.63) is 75.2 Å². The van der Waals surface area contributed by atoms with Crippen molar-refractivity contribution in [2.75, 3.05) is 0 Å². The van der Waals surface area contributed by atoms with Gasteiger partial charge in [0.15, 0.2) is 0 Å². The normalized spacial score (nSPS) is 23.2. The van der Waals surface area contributed by atoms with E-state index >= 15 is 0 Å². The molecule has 112 valence electrons. The van der Waals surface area contributed by atoms with Gasteiger partial charge in [0.2, 0.25) is 0 Å². The number of hydrogen-bond donors (Lipinski definition) is 0. The molecule has 2 atom stereocenters. The molecule has 1 heterocycles. The van der Waals surface area contributed by atoms with E-state index in [9.17, 15) is 0 Å². The molecule has 22 heavy (non-hydrogen) atoms. The van der Waals surface area contributed by atoms with Crippen molar-refractivity contribution < 1.29 is 44.5 Å². The van der Waals surface area contributed by atoms with Crippen LogP contribution < -0.4 is 24.8 Å². The second-order valence-corrected chi connectivity index (χ2v) is 15.5. The van der Waals surface area contributed by atoms with E-state index in [4.69, 9.17) is 20.5 Å². The van der Waals surface area contributed by atoms with Crippen LogP contribution >= 0.6 is 32.2 Å². The van der Waals surface area contributed by atoms with Gasteiger partial charge >= 0.3 is 140 Å². The number of rotatable bonds is 2. The second-order valence-electron chi connectivity index (χ2n) is 5.03. The summed E-state index contributed by atoms with van der Waals surface area (Å²) in [7, 11) is 6.08. The predicted octanol–water partition coefficient (Wildman–Crippen LogP) is -0.487. The van der Waals surface area contributed by atoms with Crippen LogP contribution in [0.4, 0.5) is 0 Å². The predicted molar refractivity (Wildman–Crippen MR) is 87.3 cm³/mol. The average Bonchev–Trinajstić information content (AvgIpc) is 3.14. The van der Waals surface area contributed by atoms with Crippen LogP contribution in [0.5, 0.6) is 0 Å². The molecule has 2 aliphatic carbocycles. The zero-order valence-electron chi connectivity index (χ0n) is 11.3. The molecule has 2 unspecified atom stereocenters. The Morgan fingerprint density at radius 2 is 1.91 bits per heavy atom. The first-order valence-electron chi connectivity index (χ1n) is 6.51. The Morgan fingerprint density at radius 3 is 2.73 bits per heavy atom. The van der Waals surface area contributed by atoms with E-state index < -0.39 is 19.7 Å². The van der Waals surface area contributed by atoms with E-state index in [2.05, 4.69) is 54.6 Å². The van der Waals surface area contributed by atoms with Crippen molar-refractivity contribution in [2.45, 2.75) is 6.58 Å². The Morgan fingerprint density at radius 1 is 1.14 bits per heavy atom. The third kappa shape index (κ3) is 3.06. The molecule has 1 aliphatic heterocycles. The second kappa shape index (κ2) is 7.59. The van der Waals surface area contributed by atoms with Crippen molar-refractivity contribution in [1.82, 2.24) is 0 Å². The molecular formula is C16H11Cl3S2Zr. The number of benzene rings is 1. The number of halogens is 3. The van der Waals surface area contributed by atoms with Gasteiger partial charge in [-0.2, -0.15) is 0 Å². The Balaban J connectivity index is 0.000000882. The fourth-order valence-electron chi connectivity index (χ4n) is 2.94. The summed E-state index contributed by atoms with van der Waals surface area (Å²) in [5.41, 5.74) is 5.40. The summed E-state index contributed by atoms with van der Waals surface area (Å²) in [6, 6.07) is 8.65. The van der Waals surface area contributed by atoms with E-state index in [1.165, 1.54) is 22.3 Å². The summed E-state index contributed by atoms with van der Waals surface area (Å²) < 4.78 is 1.92. The van der Waals surface area contributed by atoms with Gasteiger partial charge in [-0.1, -0.05) is 0 Å². The maximum atomic E-state index is 6.38. The van der Waals surface area contributed by atoms with Gasteiger partial charge in [0.1, 0.15) is 0 Å². The van der Waals surface area contributed by atoms with E-state index in [-0.39, 0.29) is 24.8 Å². The Labute approximate surface area is 163 Å². The molecule has 1 aromatic rings. The van der Waals surface area contributed by atoms with Gasteiger partial charge in [-0.25, -0.2) is 0 Å². The average molecular weight is 465 g/mol. The van der Waals surface area contributed by atoms with Gasteiger partial charge in [0, 0.05) is 0 Å². The molecule has 0 nitrogen and oxygen atoms in total. The molecule has 0 fully saturated rings. The van der Waals surface area contributed by atoms with Gasteiger partial charge < -0.3 is 24.8 Å². The molecule has 0 saturated heterocycles. The van der Waals surface area contributed by atoms with E-state index in [1.807, 2.05) is 0 Å². The standard InChI is InChI=1S/C9H7.C7H4ClS.2ClH.S.Zr/c1-2-5-9-7-3-6-8(9)4-1;8-7-6-3-1-2-5(6)4-9-7;;;;/h1-7H;1-4H;2*1H;;/q;;;;;+2/p-2. The molecule has 3 aliphatic rings. The van der Waals surface area contributed by atoms with Crippen molar-refractivity contribution in [3.8, 4) is 0 Å². The van der Waals surface area contributed by atoms with Gasteiger partial charge in [0.25, 0.3) is 0 Å². The van der Waals surface area contributed by atoms with Gasteiger partial charge in [-0.05, 0) is 0 Å². The van der Waals surface area contributed by atoms with Crippen molar-refractivity contribution in [2.24, 2.45) is 0 Å². The summed E-state index contributed by atoms with van der Waals surface area (Å²) >= 11 is 6.10. The fourth-order valence-corrected chi connectivity index (χ4v) is 14.6. The zero-order chi connectivity index (χ0) is 13.7. The van der Waals surface area contributed by atoms with Gasteiger partial charge in [0.05, 0.1) is 0 Å². The van der Waals surface area contributed by atoms with E-state index in [1.54, 1.807) is 11.8 Å². The minimum atomic E-state index is -2.08. The van der Waals surface area contributed by atoms with Crippen LogP contribution in [0, 0.1) is 0 Å². The van der Waals surface area contributed by atoms with Crippen LogP contribution in [0.15, 0.2) is 64.1 Å². The Hall–Kier alpha value is 0.503. The van der Waals surface area contributed by atoms with Crippen molar-refractivity contribution in [1.29, 1.82) is 0 Å². The molecule has 0 amide bonds. The summed E-state index contributed by atoms with van der Waals surface area (Å²) in [6.07, 6.45) is 11.0. The zero-order valence-corrected chi connectivity index (χ0v) is 17.7. The molecule has 0 saturated carbocycles. The first kappa shape index (κ1) is 18.8. The van der Waals surface area contributed by atoms with Crippen LogP contribution in [0.25, 0.3) is 6.08 Å². The Bertz CT molecular complexity index is 750. The number of fused-ring (bicyclic) bond motifs is 2. The molecule has 0 radical (unpaired) electrons. The summed E-state index contributed by atoms with van der Waals surface area (Å²) in [6.45, 7) is 0. The van der Waals surface area contributed by atoms with Gasteiger partial charge in [-0.3, -0.25) is 0 Å². The molecule has 0 bridgehead atoms. The summed E-state index contributed by atoms with van der Waals surface area (Å²) in [4.78, 5) is 0. The topological polar surface area (TPSA) is 0 Å². The van der Waals surface area contributed by atoms with Crippen molar-refractivity contribution >= 4 is 38.3 Å². The van der Waals surface area contributed by atoms with Crippen LogP contribution in [0.2, 0.25) is 0 Å². The first-order valence-corrected chi connectivity index (χ1v) is 14.0. The maximum absolute atomic E-state index is 6.38. The molecule has 0 aromatic heterocycles. The number of allylic oxidation sites excluding steroid dienone is 5. The number of hydrogen-bond acceptors (Lipinski definition) is 2. The molecule has 6 heteroatoms. The third-order valence-corrected chi connectivity index (χ3v) is 16.2. The molecule has 4 rings (SSSR count). The van der Waals surface area contributed by atoms with Crippen LogP contribution in [-0.2, 0) is 19.7 Å². The fraction of sp³-hybridized carbons (Fsp3) is 0.125. The Kier molecular flexibility index (Phi) is 6.50. The SMILES string of the molecule is [Cl-].[Cl-].[S]=[Zr+2]([CH]1SC(Cl)=C2C=CC=C21)[CH]1C=Cc2ccccc21. The third-order valence-electron chi connectivity index (χ3n) is 3.93. The molecule has 1 aromatic carbocycles. The van der Waals surface area contributed by atoms with Gasteiger partial charge in [-0.15, -0.1) is 0 Å². The molecule has 0 spiro atoms. The first-order chi connectivity index (χ1) is 9.75. The monoisotopic (exact) mass is 462 g/mol. The quantitative estimate of drug-likeness (QED) is 0.579. The van der Waals surface area contributed by atoms with Crippen molar-refractivity contribution in [3.63, 3.8) is 0 Å². The van der Waals surface area contributed by atoms with Crippen LogP contribution in [-0.4, -0.2) is 2.96 Å².